The van der Waals surface area contributed by atoms with Crippen molar-refractivity contribution in [2.75, 3.05) is 11.9 Å². The molecule has 1 unspecified atom stereocenters. The lowest BCUT2D eigenvalue weighted by atomic mass is 10.2. The van der Waals surface area contributed by atoms with Crippen LogP contribution in [0.4, 0.5) is 14.9 Å². The van der Waals surface area contributed by atoms with Crippen molar-refractivity contribution < 1.29 is 14.3 Å². The third-order valence-electron chi connectivity index (χ3n) is 3.62. The minimum absolute atomic E-state index is 0.0732. The van der Waals surface area contributed by atoms with Crippen molar-refractivity contribution in [3.63, 3.8) is 0 Å². The molecule has 1 heterocycles. The van der Waals surface area contributed by atoms with Gasteiger partial charge in [-0.25, -0.2) is 13.9 Å². The van der Waals surface area contributed by atoms with Crippen LogP contribution in [0.5, 0.6) is 0 Å². The molecule has 1 aromatic carbocycles. The van der Waals surface area contributed by atoms with Crippen LogP contribution >= 0.6 is 0 Å². The lowest BCUT2D eigenvalue weighted by Crippen LogP contribution is -2.36. The third kappa shape index (κ3) is 4.55. The summed E-state index contributed by atoms with van der Waals surface area (Å²) in [7, 11) is 0. The predicted octanol–water partition coefficient (Wildman–Crippen LogP) is 2.91. The van der Waals surface area contributed by atoms with Crippen LogP contribution < -0.4 is 10.6 Å². The second-order valence-electron chi connectivity index (χ2n) is 5.87. The average Bonchev–Trinajstić information content (AvgIpc) is 2.83. The topological polar surface area (TPSA) is 79.2 Å². The Labute approximate surface area is 140 Å². The molecule has 2 rings (SSSR count). The van der Waals surface area contributed by atoms with E-state index in [0.29, 0.717) is 24.2 Å². The highest BCUT2D eigenvalue weighted by atomic mass is 19.1. The second-order valence-corrected chi connectivity index (χ2v) is 5.87. The minimum Gasteiger partial charge on any atom is -0.396 e. The molecule has 0 aliphatic heterocycles. The lowest BCUT2D eigenvalue weighted by molar-refractivity contribution is 0.245. The van der Waals surface area contributed by atoms with Crippen LogP contribution in [0, 0.1) is 19.7 Å². The van der Waals surface area contributed by atoms with Crippen molar-refractivity contribution in [1.29, 1.82) is 0 Å². The van der Waals surface area contributed by atoms with Gasteiger partial charge in [0.25, 0.3) is 0 Å². The Hall–Kier alpha value is -2.41. The number of carbonyl (C=O) groups excluding carboxylic acids is 1. The van der Waals surface area contributed by atoms with Gasteiger partial charge in [0.15, 0.2) is 5.82 Å². The van der Waals surface area contributed by atoms with Gasteiger partial charge in [-0.2, -0.15) is 5.10 Å². The Kier molecular flexibility index (Phi) is 5.92. The van der Waals surface area contributed by atoms with E-state index in [1.54, 1.807) is 12.1 Å². The molecule has 0 saturated heterocycles. The number of anilines is 1. The summed E-state index contributed by atoms with van der Waals surface area (Å²) >= 11 is 0. The van der Waals surface area contributed by atoms with Gasteiger partial charge in [0.2, 0.25) is 0 Å². The van der Waals surface area contributed by atoms with Crippen LogP contribution in [0.25, 0.3) is 5.69 Å². The van der Waals surface area contributed by atoms with Gasteiger partial charge in [-0.1, -0.05) is 0 Å². The van der Waals surface area contributed by atoms with E-state index in [1.165, 1.54) is 10.7 Å². The fourth-order valence-corrected chi connectivity index (χ4v) is 2.49. The molecule has 130 valence electrons. The number of nitrogens with one attached hydrogen (secondary N) is 2. The summed E-state index contributed by atoms with van der Waals surface area (Å²) in [5.74, 6) is -0.465. The van der Waals surface area contributed by atoms with Gasteiger partial charge in [0.1, 0.15) is 5.69 Å². The van der Waals surface area contributed by atoms with Gasteiger partial charge in [-0.3, -0.25) is 0 Å². The van der Waals surface area contributed by atoms with Gasteiger partial charge in [-0.05, 0) is 57.9 Å². The summed E-state index contributed by atoms with van der Waals surface area (Å²) in [6.45, 7) is 5.64. The number of aliphatic hydroxyl groups is 1. The maximum atomic E-state index is 14.3. The number of aryl methyl sites for hydroxylation is 2. The molecule has 0 fully saturated rings. The van der Waals surface area contributed by atoms with Crippen molar-refractivity contribution in [1.82, 2.24) is 15.1 Å². The average molecular weight is 334 g/mol. The first-order valence-corrected chi connectivity index (χ1v) is 7.92. The Morgan fingerprint density at radius 2 is 2.12 bits per heavy atom. The maximum absolute atomic E-state index is 14.3. The molecule has 0 aliphatic carbocycles. The van der Waals surface area contributed by atoms with E-state index in [2.05, 4.69) is 15.7 Å². The summed E-state index contributed by atoms with van der Waals surface area (Å²) in [5.41, 5.74) is 2.35. The predicted molar refractivity (Wildman–Crippen MR) is 90.9 cm³/mol. The van der Waals surface area contributed by atoms with Crippen LogP contribution in [0.15, 0.2) is 24.3 Å². The first-order valence-electron chi connectivity index (χ1n) is 7.92. The highest BCUT2D eigenvalue weighted by Gasteiger charge is 2.12. The third-order valence-corrected chi connectivity index (χ3v) is 3.62. The summed E-state index contributed by atoms with van der Waals surface area (Å²) < 4.78 is 15.9. The van der Waals surface area contributed by atoms with E-state index in [0.717, 1.165) is 11.4 Å². The number of carbonyl (C=O) groups is 1. The van der Waals surface area contributed by atoms with Crippen LogP contribution in [0.2, 0.25) is 0 Å². The number of benzene rings is 1. The number of hydrogen-bond acceptors (Lipinski definition) is 3. The molecular weight excluding hydrogens is 311 g/mol. The van der Waals surface area contributed by atoms with E-state index in [9.17, 15) is 9.18 Å². The largest absolute Gasteiger partial charge is 0.396 e. The first kappa shape index (κ1) is 17.9. The summed E-state index contributed by atoms with van der Waals surface area (Å²) in [5, 5.41) is 18.4. The molecule has 6 nitrogen and oxygen atoms in total. The van der Waals surface area contributed by atoms with Crippen molar-refractivity contribution >= 4 is 11.7 Å². The number of halogens is 1. The van der Waals surface area contributed by atoms with E-state index in [4.69, 9.17) is 5.11 Å². The Morgan fingerprint density at radius 1 is 1.38 bits per heavy atom. The fourth-order valence-electron chi connectivity index (χ4n) is 2.49. The summed E-state index contributed by atoms with van der Waals surface area (Å²) in [6, 6.07) is 5.87. The lowest BCUT2D eigenvalue weighted by Gasteiger charge is -2.14. The number of aromatic nitrogens is 2. The Bertz CT molecular complexity index is 715. The first-order chi connectivity index (χ1) is 11.4. The zero-order valence-electron chi connectivity index (χ0n) is 14.1. The molecule has 1 aromatic heterocycles. The van der Waals surface area contributed by atoms with Gasteiger partial charge < -0.3 is 15.7 Å². The highest BCUT2D eigenvalue weighted by Crippen LogP contribution is 2.20. The fraction of sp³-hybridized carbons (Fsp3) is 0.412. The molecule has 1 atom stereocenters. The highest BCUT2D eigenvalue weighted by molar-refractivity contribution is 5.89. The van der Waals surface area contributed by atoms with Crippen LogP contribution in [0.3, 0.4) is 0 Å². The molecule has 24 heavy (non-hydrogen) atoms. The zero-order chi connectivity index (χ0) is 17.7. The van der Waals surface area contributed by atoms with E-state index in [1.807, 2.05) is 26.8 Å². The molecule has 2 aromatic rings. The van der Waals surface area contributed by atoms with Crippen LogP contribution in [-0.4, -0.2) is 33.6 Å². The number of amides is 2. The number of nitrogens with zero attached hydrogens (tertiary/aromatic N) is 2. The Balaban J connectivity index is 2.04. The number of urea groups is 1. The summed E-state index contributed by atoms with van der Waals surface area (Å²) in [4.78, 5) is 11.9. The molecule has 2 amide bonds. The Morgan fingerprint density at radius 3 is 2.71 bits per heavy atom. The monoisotopic (exact) mass is 334 g/mol. The van der Waals surface area contributed by atoms with Gasteiger partial charge in [0.05, 0.1) is 5.69 Å². The van der Waals surface area contributed by atoms with Crippen molar-refractivity contribution in [3.05, 3.63) is 41.5 Å². The summed E-state index contributed by atoms with van der Waals surface area (Å²) in [6.07, 6.45) is 1.29. The SMILES string of the molecule is Cc1cc(C)n(-c2ccc(NC(=O)NC(C)CCCO)cc2F)n1. The number of rotatable bonds is 6. The van der Waals surface area contributed by atoms with E-state index < -0.39 is 11.8 Å². The number of hydrogen-bond donors (Lipinski definition) is 3. The normalized spacial score (nSPS) is 12.0. The van der Waals surface area contributed by atoms with Gasteiger partial charge >= 0.3 is 6.03 Å². The van der Waals surface area contributed by atoms with Crippen molar-refractivity contribution in [3.8, 4) is 5.69 Å². The molecular formula is C17H23FN4O2. The zero-order valence-corrected chi connectivity index (χ0v) is 14.1. The van der Waals surface area contributed by atoms with Gasteiger partial charge in [-0.15, -0.1) is 0 Å². The molecule has 0 aliphatic rings. The number of aliphatic hydroxyl groups excluding tert-OH is 1. The minimum atomic E-state index is -0.465. The quantitative estimate of drug-likeness (QED) is 0.760. The molecule has 7 heteroatoms. The molecule has 0 spiro atoms. The van der Waals surface area contributed by atoms with Crippen LogP contribution in [-0.2, 0) is 0 Å². The van der Waals surface area contributed by atoms with Crippen molar-refractivity contribution in [2.45, 2.75) is 39.7 Å². The second kappa shape index (κ2) is 7.92. The standard InChI is InChI=1S/C17H23FN4O2/c1-11(5-4-8-23)19-17(24)20-14-6-7-16(15(18)10-14)22-13(3)9-12(2)21-22/h6-7,9-11,23H,4-5,8H2,1-3H3,(H2,19,20,24). The van der Waals surface area contributed by atoms with Gasteiger partial charge in [0, 0.05) is 24.0 Å². The van der Waals surface area contributed by atoms with E-state index in [-0.39, 0.29) is 12.6 Å². The van der Waals surface area contributed by atoms with Crippen molar-refractivity contribution in [2.24, 2.45) is 0 Å². The van der Waals surface area contributed by atoms with E-state index >= 15 is 0 Å². The molecule has 0 saturated carbocycles. The molecule has 0 bridgehead atoms. The molecule has 0 radical (unpaired) electrons. The smallest absolute Gasteiger partial charge is 0.319 e. The molecule has 3 N–H and O–H groups in total. The van der Waals surface area contributed by atoms with Crippen LogP contribution in [0.1, 0.15) is 31.2 Å². The maximum Gasteiger partial charge on any atom is 0.319 e.